The maximum atomic E-state index is 13.8. The molecule has 5 nitrogen and oxygen atoms in total. The van der Waals surface area contributed by atoms with E-state index in [9.17, 15) is 14.0 Å². The van der Waals surface area contributed by atoms with Crippen molar-refractivity contribution in [1.82, 2.24) is 10.2 Å². The van der Waals surface area contributed by atoms with Crippen molar-refractivity contribution in [1.29, 1.82) is 0 Å². The van der Waals surface area contributed by atoms with Gasteiger partial charge in [-0.05, 0) is 49.9 Å². The van der Waals surface area contributed by atoms with Crippen molar-refractivity contribution in [2.75, 3.05) is 19.6 Å². The molecule has 6 heteroatoms. The Morgan fingerprint density at radius 3 is 2.43 bits per heavy atom. The fourth-order valence-corrected chi connectivity index (χ4v) is 3.29. The minimum Gasteiger partial charge on any atom is -0.481 e. The van der Waals surface area contributed by atoms with Gasteiger partial charge in [0, 0.05) is 19.6 Å². The predicted octanol–water partition coefficient (Wildman–Crippen LogP) is 3.26. The van der Waals surface area contributed by atoms with Crippen molar-refractivity contribution < 1.29 is 18.7 Å². The summed E-state index contributed by atoms with van der Waals surface area (Å²) < 4.78 is 19.4. The van der Waals surface area contributed by atoms with Crippen molar-refractivity contribution in [3.8, 4) is 5.75 Å². The first-order valence-corrected chi connectivity index (χ1v) is 9.58. The molecule has 0 aliphatic carbocycles. The number of ether oxygens (including phenoxy) is 1. The summed E-state index contributed by atoms with van der Waals surface area (Å²) in [4.78, 5) is 26.4. The molecular weight excluding hydrogens is 359 g/mol. The van der Waals surface area contributed by atoms with Gasteiger partial charge in [0.05, 0.1) is 5.56 Å². The molecular formula is C22H25FN2O3. The van der Waals surface area contributed by atoms with E-state index in [1.807, 2.05) is 30.3 Å². The Morgan fingerprint density at radius 2 is 1.75 bits per heavy atom. The molecule has 1 heterocycles. The average Bonchev–Trinajstić information content (AvgIpc) is 2.73. The molecule has 2 aromatic rings. The molecule has 0 saturated carbocycles. The highest BCUT2D eigenvalue weighted by atomic mass is 19.1. The van der Waals surface area contributed by atoms with Crippen LogP contribution in [0.25, 0.3) is 0 Å². The molecule has 2 amide bonds. The molecule has 1 atom stereocenters. The lowest BCUT2D eigenvalue weighted by Gasteiger charge is -2.32. The van der Waals surface area contributed by atoms with Crippen LogP contribution in [0.3, 0.4) is 0 Å². The molecule has 1 aliphatic heterocycles. The zero-order chi connectivity index (χ0) is 19.9. The summed E-state index contributed by atoms with van der Waals surface area (Å²) in [6.45, 7) is 3.38. The van der Waals surface area contributed by atoms with Gasteiger partial charge in [-0.25, -0.2) is 4.39 Å². The van der Waals surface area contributed by atoms with Crippen molar-refractivity contribution in [2.24, 2.45) is 5.92 Å². The molecule has 1 aliphatic rings. The van der Waals surface area contributed by atoms with Crippen LogP contribution in [0, 0.1) is 11.7 Å². The fourth-order valence-electron chi connectivity index (χ4n) is 3.29. The summed E-state index contributed by atoms with van der Waals surface area (Å²) in [6, 6.07) is 15.3. The number of hydrogen-bond acceptors (Lipinski definition) is 3. The quantitative estimate of drug-likeness (QED) is 0.832. The van der Waals surface area contributed by atoms with Gasteiger partial charge in [-0.1, -0.05) is 30.3 Å². The third-order valence-electron chi connectivity index (χ3n) is 5.00. The summed E-state index contributed by atoms with van der Waals surface area (Å²) in [6.07, 6.45) is 0.966. The Bertz CT molecular complexity index is 804. The van der Waals surface area contributed by atoms with E-state index in [0.29, 0.717) is 25.4 Å². The second-order valence-corrected chi connectivity index (χ2v) is 7.03. The Balaban J connectivity index is 1.42. The largest absolute Gasteiger partial charge is 0.481 e. The lowest BCUT2D eigenvalue weighted by Crippen LogP contribution is -2.43. The molecule has 1 N–H and O–H groups in total. The van der Waals surface area contributed by atoms with E-state index in [2.05, 4.69) is 5.32 Å². The molecule has 1 unspecified atom stereocenters. The van der Waals surface area contributed by atoms with Gasteiger partial charge in [0.15, 0.2) is 6.10 Å². The summed E-state index contributed by atoms with van der Waals surface area (Å²) >= 11 is 0. The summed E-state index contributed by atoms with van der Waals surface area (Å²) in [5, 5.41) is 2.93. The van der Waals surface area contributed by atoms with Gasteiger partial charge in [0.2, 0.25) is 0 Å². The van der Waals surface area contributed by atoms with Gasteiger partial charge in [0.1, 0.15) is 11.6 Å². The molecule has 148 valence electrons. The Labute approximate surface area is 164 Å². The highest BCUT2D eigenvalue weighted by Gasteiger charge is 2.26. The second-order valence-electron chi connectivity index (χ2n) is 7.03. The smallest absolute Gasteiger partial charge is 0.260 e. The van der Waals surface area contributed by atoms with Crippen LogP contribution in [-0.2, 0) is 4.79 Å². The molecule has 0 bridgehead atoms. The SMILES string of the molecule is CC(Oc1ccccc1)C(=O)NCC1CCN(C(=O)c2ccccc2F)CC1. The first-order chi connectivity index (χ1) is 13.5. The van der Waals surface area contributed by atoms with Crippen LogP contribution >= 0.6 is 0 Å². The third kappa shape index (κ3) is 5.09. The highest BCUT2D eigenvalue weighted by molar-refractivity contribution is 5.94. The molecule has 1 fully saturated rings. The zero-order valence-electron chi connectivity index (χ0n) is 15.9. The van der Waals surface area contributed by atoms with Crippen molar-refractivity contribution >= 4 is 11.8 Å². The topological polar surface area (TPSA) is 58.6 Å². The monoisotopic (exact) mass is 384 g/mol. The van der Waals surface area contributed by atoms with E-state index in [1.54, 1.807) is 24.0 Å². The van der Waals surface area contributed by atoms with Crippen molar-refractivity contribution in [3.05, 3.63) is 66.0 Å². The summed E-state index contributed by atoms with van der Waals surface area (Å²) in [7, 11) is 0. The van der Waals surface area contributed by atoms with E-state index in [4.69, 9.17) is 4.74 Å². The molecule has 0 radical (unpaired) electrons. The Kier molecular flexibility index (Phi) is 6.63. The number of piperidine rings is 1. The van der Waals surface area contributed by atoms with Crippen LogP contribution in [0.4, 0.5) is 4.39 Å². The van der Waals surface area contributed by atoms with Crippen LogP contribution in [-0.4, -0.2) is 42.5 Å². The molecule has 0 spiro atoms. The maximum absolute atomic E-state index is 13.8. The van der Waals surface area contributed by atoms with Gasteiger partial charge in [-0.3, -0.25) is 9.59 Å². The Morgan fingerprint density at radius 1 is 1.11 bits per heavy atom. The number of likely N-dealkylation sites (tertiary alicyclic amines) is 1. The highest BCUT2D eigenvalue weighted by Crippen LogP contribution is 2.20. The number of nitrogens with one attached hydrogen (secondary N) is 1. The second kappa shape index (κ2) is 9.35. The lowest BCUT2D eigenvalue weighted by molar-refractivity contribution is -0.127. The number of amides is 2. The first kappa shape index (κ1) is 19.9. The fraction of sp³-hybridized carbons (Fsp3) is 0.364. The van der Waals surface area contributed by atoms with Crippen LogP contribution < -0.4 is 10.1 Å². The van der Waals surface area contributed by atoms with Crippen molar-refractivity contribution in [3.63, 3.8) is 0 Å². The number of carbonyl (C=O) groups is 2. The summed E-state index contributed by atoms with van der Waals surface area (Å²) in [5.74, 6) is 0.0242. The van der Waals surface area contributed by atoms with E-state index in [0.717, 1.165) is 12.8 Å². The van der Waals surface area contributed by atoms with Gasteiger partial charge >= 0.3 is 0 Å². The van der Waals surface area contributed by atoms with Crippen LogP contribution in [0.5, 0.6) is 5.75 Å². The zero-order valence-corrected chi connectivity index (χ0v) is 15.9. The predicted molar refractivity (Wildman–Crippen MR) is 105 cm³/mol. The van der Waals surface area contributed by atoms with Gasteiger partial charge in [0.25, 0.3) is 11.8 Å². The number of rotatable bonds is 6. The molecule has 2 aromatic carbocycles. The van der Waals surface area contributed by atoms with E-state index in [-0.39, 0.29) is 23.3 Å². The maximum Gasteiger partial charge on any atom is 0.260 e. The number of hydrogen-bond donors (Lipinski definition) is 1. The van der Waals surface area contributed by atoms with E-state index >= 15 is 0 Å². The minimum atomic E-state index is -0.579. The number of carbonyl (C=O) groups excluding carboxylic acids is 2. The number of benzene rings is 2. The molecule has 0 aromatic heterocycles. The summed E-state index contributed by atoms with van der Waals surface area (Å²) in [5.41, 5.74) is 0.112. The van der Waals surface area contributed by atoms with Crippen molar-refractivity contribution in [2.45, 2.75) is 25.9 Å². The molecule has 3 rings (SSSR count). The lowest BCUT2D eigenvalue weighted by atomic mass is 9.96. The van der Waals surface area contributed by atoms with Gasteiger partial charge < -0.3 is 15.0 Å². The Hall–Kier alpha value is -2.89. The average molecular weight is 384 g/mol. The van der Waals surface area contributed by atoms with Gasteiger partial charge in [-0.15, -0.1) is 0 Å². The normalized spacial score (nSPS) is 15.7. The van der Waals surface area contributed by atoms with Crippen LogP contribution in [0.15, 0.2) is 54.6 Å². The third-order valence-corrected chi connectivity index (χ3v) is 5.00. The van der Waals surface area contributed by atoms with E-state index < -0.39 is 11.9 Å². The molecule has 28 heavy (non-hydrogen) atoms. The van der Waals surface area contributed by atoms with Crippen LogP contribution in [0.2, 0.25) is 0 Å². The number of nitrogens with zero attached hydrogens (tertiary/aromatic N) is 1. The standard InChI is InChI=1S/C22H25FN2O3/c1-16(28-18-7-3-2-4-8-18)21(26)24-15-17-11-13-25(14-12-17)22(27)19-9-5-6-10-20(19)23/h2-10,16-17H,11-15H2,1H3,(H,24,26). The number of para-hydroxylation sites is 1. The van der Waals surface area contributed by atoms with Crippen LogP contribution in [0.1, 0.15) is 30.1 Å². The number of halogens is 1. The van der Waals surface area contributed by atoms with Gasteiger partial charge in [-0.2, -0.15) is 0 Å². The first-order valence-electron chi connectivity index (χ1n) is 9.58. The molecule has 1 saturated heterocycles. The van der Waals surface area contributed by atoms with E-state index in [1.165, 1.54) is 12.1 Å². The minimum absolute atomic E-state index is 0.112.